The van der Waals surface area contributed by atoms with Crippen molar-refractivity contribution in [3.05, 3.63) is 17.5 Å². The predicted molar refractivity (Wildman–Crippen MR) is 42.9 cm³/mol. The van der Waals surface area contributed by atoms with E-state index in [2.05, 4.69) is 5.16 Å². The Bertz CT molecular complexity index is 360. The van der Waals surface area contributed by atoms with Gasteiger partial charge < -0.3 is 15.4 Å². The van der Waals surface area contributed by atoms with E-state index in [4.69, 9.17) is 15.4 Å². The number of carboxylic acids is 1. The van der Waals surface area contributed by atoms with E-state index in [0.29, 0.717) is 17.7 Å². The summed E-state index contributed by atoms with van der Waals surface area (Å²) in [5.41, 5.74) is 4.98. The average molecular weight is 182 g/mol. The molecule has 0 bridgehead atoms. The van der Waals surface area contributed by atoms with Crippen molar-refractivity contribution in [2.24, 2.45) is 11.7 Å². The molecule has 3 N–H and O–H groups in total. The molecule has 1 aliphatic carbocycles. The van der Waals surface area contributed by atoms with Gasteiger partial charge >= 0.3 is 5.97 Å². The minimum absolute atomic E-state index is 0.151. The van der Waals surface area contributed by atoms with E-state index in [0.717, 1.165) is 0 Å². The van der Waals surface area contributed by atoms with Gasteiger partial charge in [-0.3, -0.25) is 0 Å². The number of nitrogens with two attached hydrogens (primary N) is 1. The Labute approximate surface area is 74.5 Å². The SMILES string of the molecule is CC1Cc2oncc2C1(N)C(=O)O. The molecule has 0 saturated heterocycles. The maximum absolute atomic E-state index is 11.0. The van der Waals surface area contributed by atoms with Gasteiger partial charge in [0, 0.05) is 12.0 Å². The van der Waals surface area contributed by atoms with E-state index >= 15 is 0 Å². The van der Waals surface area contributed by atoms with Gasteiger partial charge in [0.2, 0.25) is 0 Å². The molecule has 2 unspecified atom stereocenters. The van der Waals surface area contributed by atoms with Crippen molar-refractivity contribution in [2.45, 2.75) is 18.9 Å². The highest BCUT2D eigenvalue weighted by Crippen LogP contribution is 2.39. The highest BCUT2D eigenvalue weighted by molar-refractivity contribution is 5.82. The van der Waals surface area contributed by atoms with E-state index in [1.54, 1.807) is 6.92 Å². The Kier molecular flexibility index (Phi) is 1.47. The second-order valence-corrected chi connectivity index (χ2v) is 3.44. The number of aromatic nitrogens is 1. The largest absolute Gasteiger partial charge is 0.480 e. The van der Waals surface area contributed by atoms with Crippen LogP contribution in [0.3, 0.4) is 0 Å². The molecule has 0 aromatic carbocycles. The number of aliphatic carboxylic acids is 1. The van der Waals surface area contributed by atoms with E-state index in [1.807, 2.05) is 0 Å². The van der Waals surface area contributed by atoms with Crippen molar-refractivity contribution in [3.8, 4) is 0 Å². The third-order valence-corrected chi connectivity index (χ3v) is 2.71. The van der Waals surface area contributed by atoms with Crippen molar-refractivity contribution in [2.75, 3.05) is 0 Å². The summed E-state index contributed by atoms with van der Waals surface area (Å²) in [6.45, 7) is 1.80. The van der Waals surface area contributed by atoms with Crippen LogP contribution in [0.4, 0.5) is 0 Å². The Hall–Kier alpha value is -1.36. The smallest absolute Gasteiger partial charge is 0.328 e. The first-order chi connectivity index (χ1) is 6.06. The molecule has 1 heterocycles. The minimum atomic E-state index is -1.32. The van der Waals surface area contributed by atoms with Crippen molar-refractivity contribution >= 4 is 5.97 Å². The minimum Gasteiger partial charge on any atom is -0.480 e. The molecule has 0 radical (unpaired) electrons. The molecule has 0 spiro atoms. The Morgan fingerprint density at radius 2 is 2.62 bits per heavy atom. The lowest BCUT2D eigenvalue weighted by Crippen LogP contribution is -2.47. The first-order valence-electron chi connectivity index (χ1n) is 4.03. The Morgan fingerprint density at radius 1 is 1.92 bits per heavy atom. The molecule has 13 heavy (non-hydrogen) atoms. The molecule has 2 atom stereocenters. The van der Waals surface area contributed by atoms with Gasteiger partial charge in [-0.15, -0.1) is 0 Å². The number of carbonyl (C=O) groups is 1. The molecule has 1 aromatic rings. The molecule has 1 aliphatic rings. The van der Waals surface area contributed by atoms with Crippen LogP contribution in [0.1, 0.15) is 18.2 Å². The van der Waals surface area contributed by atoms with Crippen molar-refractivity contribution in [3.63, 3.8) is 0 Å². The summed E-state index contributed by atoms with van der Waals surface area (Å²) in [5, 5.41) is 12.6. The molecule has 1 aromatic heterocycles. The monoisotopic (exact) mass is 182 g/mol. The first kappa shape index (κ1) is 8.25. The normalized spacial score (nSPS) is 31.7. The number of carboxylic acid groups (broad SMARTS) is 1. The van der Waals surface area contributed by atoms with Crippen molar-refractivity contribution in [1.29, 1.82) is 0 Å². The standard InChI is InChI=1S/C8H10N2O3/c1-4-2-6-5(3-10-13-6)8(4,9)7(11)12/h3-4H,2,9H2,1H3,(H,11,12). The number of hydrogen-bond acceptors (Lipinski definition) is 4. The van der Waals surface area contributed by atoms with Crippen LogP contribution in [0.2, 0.25) is 0 Å². The van der Waals surface area contributed by atoms with Crippen LogP contribution in [0, 0.1) is 5.92 Å². The summed E-state index contributed by atoms with van der Waals surface area (Å²) in [6.07, 6.45) is 1.94. The molecule has 70 valence electrons. The molecule has 5 heteroatoms. The van der Waals surface area contributed by atoms with E-state index in [1.165, 1.54) is 6.20 Å². The molecule has 0 amide bonds. The summed E-state index contributed by atoms with van der Waals surface area (Å²) in [7, 11) is 0. The molecule has 2 rings (SSSR count). The number of fused-ring (bicyclic) bond motifs is 1. The van der Waals surface area contributed by atoms with Gasteiger partial charge in [0.15, 0.2) is 0 Å². The lowest BCUT2D eigenvalue weighted by atomic mass is 9.87. The quantitative estimate of drug-likeness (QED) is 0.643. The van der Waals surface area contributed by atoms with Crippen molar-refractivity contribution in [1.82, 2.24) is 5.16 Å². The zero-order chi connectivity index (χ0) is 9.64. The van der Waals surface area contributed by atoms with E-state index in [-0.39, 0.29) is 5.92 Å². The van der Waals surface area contributed by atoms with Crippen LogP contribution in [-0.4, -0.2) is 16.2 Å². The molecule has 5 nitrogen and oxygen atoms in total. The molecule has 0 aliphatic heterocycles. The summed E-state index contributed by atoms with van der Waals surface area (Å²) < 4.78 is 4.90. The summed E-state index contributed by atoms with van der Waals surface area (Å²) in [4.78, 5) is 11.0. The lowest BCUT2D eigenvalue weighted by Gasteiger charge is -2.23. The van der Waals surface area contributed by atoms with Gasteiger partial charge in [0.25, 0.3) is 0 Å². The van der Waals surface area contributed by atoms with Gasteiger partial charge in [-0.2, -0.15) is 0 Å². The number of nitrogens with zero attached hydrogens (tertiary/aromatic N) is 1. The molecular weight excluding hydrogens is 172 g/mol. The fraction of sp³-hybridized carbons (Fsp3) is 0.500. The average Bonchev–Trinajstić information content (AvgIpc) is 2.57. The van der Waals surface area contributed by atoms with Gasteiger partial charge in [-0.1, -0.05) is 12.1 Å². The number of rotatable bonds is 1. The van der Waals surface area contributed by atoms with Gasteiger partial charge in [0.1, 0.15) is 11.3 Å². The van der Waals surface area contributed by atoms with E-state index in [9.17, 15) is 4.79 Å². The lowest BCUT2D eigenvalue weighted by molar-refractivity contribution is -0.145. The summed E-state index contributed by atoms with van der Waals surface area (Å²) in [6, 6.07) is 0. The fourth-order valence-electron chi connectivity index (χ4n) is 1.78. The van der Waals surface area contributed by atoms with Gasteiger partial charge in [-0.25, -0.2) is 4.79 Å². The maximum Gasteiger partial charge on any atom is 0.328 e. The topological polar surface area (TPSA) is 89.4 Å². The van der Waals surface area contributed by atoms with Crippen LogP contribution >= 0.6 is 0 Å². The van der Waals surface area contributed by atoms with Crippen LogP contribution in [0.25, 0.3) is 0 Å². The zero-order valence-corrected chi connectivity index (χ0v) is 7.15. The Morgan fingerprint density at radius 3 is 3.23 bits per heavy atom. The zero-order valence-electron chi connectivity index (χ0n) is 7.15. The van der Waals surface area contributed by atoms with Crippen LogP contribution in [0.15, 0.2) is 10.7 Å². The molecular formula is C8H10N2O3. The Balaban J connectivity index is 2.56. The van der Waals surface area contributed by atoms with Gasteiger partial charge in [-0.05, 0) is 5.92 Å². The predicted octanol–water partition coefficient (Wildman–Crippen LogP) is 0.105. The molecule has 0 fully saturated rings. The third kappa shape index (κ3) is 0.846. The third-order valence-electron chi connectivity index (χ3n) is 2.71. The summed E-state index contributed by atoms with van der Waals surface area (Å²) in [5.74, 6) is -0.582. The summed E-state index contributed by atoms with van der Waals surface area (Å²) >= 11 is 0. The first-order valence-corrected chi connectivity index (χ1v) is 4.03. The van der Waals surface area contributed by atoms with Crippen molar-refractivity contribution < 1.29 is 14.4 Å². The maximum atomic E-state index is 11.0. The molecule has 0 saturated carbocycles. The van der Waals surface area contributed by atoms with Crippen LogP contribution in [-0.2, 0) is 16.8 Å². The fourth-order valence-corrected chi connectivity index (χ4v) is 1.78. The van der Waals surface area contributed by atoms with Crippen LogP contribution < -0.4 is 5.73 Å². The second kappa shape index (κ2) is 2.32. The highest BCUT2D eigenvalue weighted by atomic mass is 16.5. The second-order valence-electron chi connectivity index (χ2n) is 3.44. The number of hydrogen-bond donors (Lipinski definition) is 2. The van der Waals surface area contributed by atoms with Crippen LogP contribution in [0.5, 0.6) is 0 Å². The highest BCUT2D eigenvalue weighted by Gasteiger charge is 2.50. The van der Waals surface area contributed by atoms with E-state index < -0.39 is 11.5 Å². The van der Waals surface area contributed by atoms with Gasteiger partial charge in [0.05, 0.1) is 6.20 Å².